The smallest absolute Gasteiger partial charge is 0.255 e. The van der Waals surface area contributed by atoms with Gasteiger partial charge in [0.25, 0.3) is 5.91 Å². The summed E-state index contributed by atoms with van der Waals surface area (Å²) in [5.74, 6) is 0.459. The van der Waals surface area contributed by atoms with Gasteiger partial charge in [-0.3, -0.25) is 4.79 Å². The Morgan fingerprint density at radius 1 is 1.07 bits per heavy atom. The number of methoxy groups -OCH3 is 1. The molecular formula is C21H25BrN2O4S. The van der Waals surface area contributed by atoms with Gasteiger partial charge in [0.15, 0.2) is 0 Å². The minimum Gasteiger partial charge on any atom is -0.497 e. The van der Waals surface area contributed by atoms with Crippen LogP contribution in [0.5, 0.6) is 5.75 Å². The largest absolute Gasteiger partial charge is 0.497 e. The Morgan fingerprint density at radius 2 is 1.72 bits per heavy atom. The van der Waals surface area contributed by atoms with Gasteiger partial charge in [-0.2, -0.15) is 4.31 Å². The first-order chi connectivity index (χ1) is 13.9. The van der Waals surface area contributed by atoms with Crippen LogP contribution in [0.3, 0.4) is 0 Å². The van der Waals surface area contributed by atoms with E-state index in [1.165, 1.54) is 4.31 Å². The van der Waals surface area contributed by atoms with Gasteiger partial charge in [-0.25, -0.2) is 8.42 Å². The molecule has 0 aromatic heterocycles. The molecule has 2 aromatic rings. The zero-order valence-electron chi connectivity index (χ0n) is 16.6. The Balaban J connectivity index is 1.69. The number of carbonyl (C=O) groups is 1. The lowest BCUT2D eigenvalue weighted by molar-refractivity contribution is 0.0696. The Labute approximate surface area is 180 Å². The van der Waals surface area contributed by atoms with E-state index in [0.29, 0.717) is 33.8 Å². The second kappa shape index (κ2) is 9.28. The quantitative estimate of drug-likeness (QED) is 0.633. The average molecular weight is 481 g/mol. The standard InChI is InChI=1S/C21H25BrN2O4S/c1-3-4-16-5-8-18(9-6-16)29(26,27)24-13-11-23(12-14-24)21(25)19-15-17(28-2)7-10-20(19)22/h5-10,15H,3-4,11-14H2,1-2H3. The molecule has 1 fully saturated rings. The number of hydrogen-bond donors (Lipinski definition) is 0. The monoisotopic (exact) mass is 480 g/mol. The first kappa shape index (κ1) is 21.8. The Hall–Kier alpha value is -1.90. The van der Waals surface area contributed by atoms with Crippen molar-refractivity contribution in [3.8, 4) is 5.75 Å². The highest BCUT2D eigenvalue weighted by Gasteiger charge is 2.31. The highest BCUT2D eigenvalue weighted by Crippen LogP contribution is 2.25. The summed E-state index contributed by atoms with van der Waals surface area (Å²) in [6.07, 6.45) is 1.95. The van der Waals surface area contributed by atoms with Crippen molar-refractivity contribution < 1.29 is 17.9 Å². The van der Waals surface area contributed by atoms with Crippen molar-refractivity contribution in [2.24, 2.45) is 0 Å². The molecule has 8 heteroatoms. The summed E-state index contributed by atoms with van der Waals surface area (Å²) in [7, 11) is -2.01. The van der Waals surface area contributed by atoms with Crippen LogP contribution in [0.15, 0.2) is 51.8 Å². The number of amides is 1. The zero-order chi connectivity index (χ0) is 21.0. The van der Waals surface area contributed by atoms with Crippen LogP contribution in [0.2, 0.25) is 0 Å². The normalized spacial score (nSPS) is 15.3. The molecule has 0 bridgehead atoms. The summed E-state index contributed by atoms with van der Waals surface area (Å²) in [6.45, 7) is 3.32. The van der Waals surface area contributed by atoms with Gasteiger partial charge in [-0.05, 0) is 58.2 Å². The third-order valence-corrected chi connectivity index (χ3v) is 7.63. The van der Waals surface area contributed by atoms with E-state index in [4.69, 9.17) is 4.74 Å². The molecule has 2 aromatic carbocycles. The van der Waals surface area contributed by atoms with E-state index in [2.05, 4.69) is 22.9 Å². The second-order valence-electron chi connectivity index (χ2n) is 6.94. The lowest BCUT2D eigenvalue weighted by atomic mass is 10.1. The van der Waals surface area contributed by atoms with Gasteiger partial charge in [-0.15, -0.1) is 0 Å². The Bertz CT molecular complexity index is 969. The average Bonchev–Trinajstić information content (AvgIpc) is 2.74. The van der Waals surface area contributed by atoms with Gasteiger partial charge in [0.2, 0.25) is 10.0 Å². The molecule has 6 nitrogen and oxygen atoms in total. The van der Waals surface area contributed by atoms with Crippen LogP contribution in [-0.2, 0) is 16.4 Å². The van der Waals surface area contributed by atoms with Gasteiger partial charge < -0.3 is 9.64 Å². The highest BCUT2D eigenvalue weighted by atomic mass is 79.9. The number of piperazine rings is 1. The number of sulfonamides is 1. The maximum atomic E-state index is 12.9. The number of rotatable bonds is 6. The van der Waals surface area contributed by atoms with Crippen LogP contribution in [0.1, 0.15) is 29.3 Å². The fourth-order valence-electron chi connectivity index (χ4n) is 3.36. The number of carbonyl (C=O) groups excluding carboxylic acids is 1. The molecule has 0 spiro atoms. The number of aryl methyl sites for hydroxylation is 1. The van der Waals surface area contributed by atoms with Crippen molar-refractivity contribution in [3.05, 3.63) is 58.1 Å². The molecule has 0 atom stereocenters. The number of hydrogen-bond acceptors (Lipinski definition) is 4. The summed E-state index contributed by atoms with van der Waals surface area (Å²) in [4.78, 5) is 14.9. The van der Waals surface area contributed by atoms with Gasteiger partial charge >= 0.3 is 0 Å². The van der Waals surface area contributed by atoms with E-state index < -0.39 is 10.0 Å². The van der Waals surface area contributed by atoms with Crippen LogP contribution < -0.4 is 4.74 Å². The van der Waals surface area contributed by atoms with Crippen molar-refractivity contribution in [3.63, 3.8) is 0 Å². The van der Waals surface area contributed by atoms with Crippen LogP contribution in [0, 0.1) is 0 Å². The maximum absolute atomic E-state index is 12.9. The highest BCUT2D eigenvalue weighted by molar-refractivity contribution is 9.10. The molecule has 0 aliphatic carbocycles. The fourth-order valence-corrected chi connectivity index (χ4v) is 5.20. The summed E-state index contributed by atoms with van der Waals surface area (Å²) in [6, 6.07) is 12.3. The number of ether oxygens (including phenoxy) is 1. The molecule has 1 aliphatic heterocycles. The minimum atomic E-state index is -3.56. The molecule has 1 heterocycles. The van der Waals surface area contributed by atoms with Gasteiger partial charge in [0, 0.05) is 30.7 Å². The third kappa shape index (κ3) is 4.82. The van der Waals surface area contributed by atoms with Crippen molar-refractivity contribution in [2.75, 3.05) is 33.3 Å². The Morgan fingerprint density at radius 3 is 2.31 bits per heavy atom. The van der Waals surface area contributed by atoms with E-state index >= 15 is 0 Å². The molecule has 3 rings (SSSR count). The number of benzene rings is 2. The van der Waals surface area contributed by atoms with E-state index in [1.54, 1.807) is 42.3 Å². The molecule has 1 saturated heterocycles. The van der Waals surface area contributed by atoms with Crippen LogP contribution in [0.4, 0.5) is 0 Å². The Kier molecular flexibility index (Phi) is 6.97. The molecule has 0 N–H and O–H groups in total. The van der Waals surface area contributed by atoms with Crippen molar-refractivity contribution in [1.82, 2.24) is 9.21 Å². The summed E-state index contributed by atoms with van der Waals surface area (Å²) < 4.78 is 33.2. The molecule has 29 heavy (non-hydrogen) atoms. The molecule has 1 aliphatic rings. The van der Waals surface area contributed by atoms with Crippen LogP contribution >= 0.6 is 15.9 Å². The number of nitrogens with zero attached hydrogens (tertiary/aromatic N) is 2. The van der Waals surface area contributed by atoms with Crippen molar-refractivity contribution in [2.45, 2.75) is 24.7 Å². The summed E-state index contributed by atoms with van der Waals surface area (Å²) in [5, 5.41) is 0. The molecule has 0 unspecified atom stereocenters. The van der Waals surface area contributed by atoms with Gasteiger partial charge in [0.1, 0.15) is 5.75 Å². The first-order valence-electron chi connectivity index (χ1n) is 9.58. The van der Waals surface area contributed by atoms with E-state index in [1.807, 2.05) is 12.1 Å². The van der Waals surface area contributed by atoms with E-state index in [0.717, 1.165) is 18.4 Å². The predicted octanol–water partition coefficient (Wildman–Crippen LogP) is 3.56. The molecule has 1 amide bonds. The van der Waals surface area contributed by atoms with Gasteiger partial charge in [0.05, 0.1) is 17.6 Å². The molecular weight excluding hydrogens is 456 g/mol. The number of halogens is 1. The molecule has 0 saturated carbocycles. The third-order valence-electron chi connectivity index (χ3n) is 5.03. The van der Waals surface area contributed by atoms with E-state index in [9.17, 15) is 13.2 Å². The maximum Gasteiger partial charge on any atom is 0.255 e. The summed E-state index contributed by atoms with van der Waals surface area (Å²) in [5.41, 5.74) is 1.64. The lowest BCUT2D eigenvalue weighted by Gasteiger charge is -2.34. The lowest BCUT2D eigenvalue weighted by Crippen LogP contribution is -2.50. The molecule has 156 valence electrons. The first-order valence-corrected chi connectivity index (χ1v) is 11.8. The van der Waals surface area contributed by atoms with Crippen molar-refractivity contribution in [1.29, 1.82) is 0 Å². The summed E-state index contributed by atoms with van der Waals surface area (Å²) >= 11 is 3.41. The minimum absolute atomic E-state index is 0.142. The topological polar surface area (TPSA) is 66.9 Å². The predicted molar refractivity (Wildman–Crippen MR) is 116 cm³/mol. The SMILES string of the molecule is CCCc1ccc(S(=O)(=O)N2CCN(C(=O)c3cc(OC)ccc3Br)CC2)cc1. The van der Waals surface area contributed by atoms with Crippen LogP contribution in [-0.4, -0.2) is 56.8 Å². The molecule has 0 radical (unpaired) electrons. The van der Waals surface area contributed by atoms with Crippen molar-refractivity contribution >= 4 is 31.9 Å². The van der Waals surface area contributed by atoms with Gasteiger partial charge in [-0.1, -0.05) is 25.5 Å². The second-order valence-corrected chi connectivity index (χ2v) is 9.73. The van der Waals surface area contributed by atoms with E-state index in [-0.39, 0.29) is 19.0 Å². The fraction of sp³-hybridized carbons (Fsp3) is 0.381. The van der Waals surface area contributed by atoms with Crippen LogP contribution in [0.25, 0.3) is 0 Å². The zero-order valence-corrected chi connectivity index (χ0v) is 19.0.